The number of likely N-dealkylation sites (tertiary alicyclic amines) is 1. The monoisotopic (exact) mass is 270 g/mol. The minimum Gasteiger partial charge on any atom is -0.392 e. The fraction of sp³-hybridized carbons (Fsp3) is 1.00. The van der Waals surface area contributed by atoms with Crippen molar-refractivity contribution in [2.75, 3.05) is 26.2 Å². The normalized spacial score (nSPS) is 24.6. The molecule has 0 radical (unpaired) electrons. The molecule has 1 rings (SSSR count). The van der Waals surface area contributed by atoms with Gasteiger partial charge in [0.1, 0.15) is 0 Å². The van der Waals surface area contributed by atoms with Crippen LogP contribution in [0.25, 0.3) is 0 Å². The zero-order chi connectivity index (χ0) is 14.3. The van der Waals surface area contributed by atoms with E-state index in [4.69, 9.17) is 0 Å². The fourth-order valence-electron chi connectivity index (χ4n) is 3.26. The molecule has 3 nitrogen and oxygen atoms in total. The third-order valence-corrected chi connectivity index (χ3v) is 4.94. The summed E-state index contributed by atoms with van der Waals surface area (Å²) in [7, 11) is 0. The van der Waals surface area contributed by atoms with E-state index in [0.29, 0.717) is 12.0 Å². The van der Waals surface area contributed by atoms with Crippen LogP contribution in [0.15, 0.2) is 0 Å². The molecule has 1 fully saturated rings. The van der Waals surface area contributed by atoms with Crippen molar-refractivity contribution in [3.8, 4) is 0 Å². The van der Waals surface area contributed by atoms with Gasteiger partial charge in [0.05, 0.1) is 6.10 Å². The maximum atomic E-state index is 10.2. The Bertz CT molecular complexity index is 231. The molecule has 0 bridgehead atoms. The summed E-state index contributed by atoms with van der Waals surface area (Å²) in [5.41, 5.74) is 0. The topological polar surface area (TPSA) is 35.5 Å². The molecule has 3 atom stereocenters. The smallest absolute Gasteiger partial charge is 0.0692 e. The van der Waals surface area contributed by atoms with Gasteiger partial charge in [0.25, 0.3) is 0 Å². The molecule has 19 heavy (non-hydrogen) atoms. The summed E-state index contributed by atoms with van der Waals surface area (Å²) in [5, 5.41) is 13.8. The van der Waals surface area contributed by atoms with E-state index < -0.39 is 0 Å². The summed E-state index contributed by atoms with van der Waals surface area (Å²) in [4.78, 5) is 2.55. The van der Waals surface area contributed by atoms with Gasteiger partial charge in [-0.15, -0.1) is 0 Å². The second-order valence-electron chi connectivity index (χ2n) is 6.14. The Labute approximate surface area is 119 Å². The first-order valence-electron chi connectivity index (χ1n) is 8.26. The predicted molar refractivity (Wildman–Crippen MR) is 82.4 cm³/mol. The third kappa shape index (κ3) is 5.41. The quantitative estimate of drug-likeness (QED) is 0.711. The highest BCUT2D eigenvalue weighted by Crippen LogP contribution is 2.20. The summed E-state index contributed by atoms with van der Waals surface area (Å²) >= 11 is 0. The Morgan fingerprint density at radius 1 is 1.26 bits per heavy atom. The van der Waals surface area contributed by atoms with Gasteiger partial charge < -0.3 is 15.3 Å². The summed E-state index contributed by atoms with van der Waals surface area (Å²) in [6.45, 7) is 13.3. The van der Waals surface area contributed by atoms with Crippen molar-refractivity contribution in [2.45, 2.75) is 65.5 Å². The Kier molecular flexibility index (Phi) is 7.96. The predicted octanol–water partition coefficient (Wildman–Crippen LogP) is 2.49. The lowest BCUT2D eigenvalue weighted by Crippen LogP contribution is -2.46. The van der Waals surface area contributed by atoms with Gasteiger partial charge in [-0.2, -0.15) is 0 Å². The largest absolute Gasteiger partial charge is 0.392 e. The highest BCUT2D eigenvalue weighted by atomic mass is 16.3. The van der Waals surface area contributed by atoms with E-state index in [0.717, 1.165) is 25.3 Å². The number of aliphatic hydroxyl groups excluding tert-OH is 1. The van der Waals surface area contributed by atoms with Crippen molar-refractivity contribution in [1.29, 1.82) is 0 Å². The van der Waals surface area contributed by atoms with Crippen LogP contribution in [0.3, 0.4) is 0 Å². The lowest BCUT2D eigenvalue weighted by atomic mass is 9.91. The first-order valence-corrected chi connectivity index (χ1v) is 8.26. The average molecular weight is 270 g/mol. The van der Waals surface area contributed by atoms with Crippen molar-refractivity contribution >= 4 is 0 Å². The van der Waals surface area contributed by atoms with E-state index in [1.54, 1.807) is 0 Å². The Balaban J connectivity index is 2.31. The van der Waals surface area contributed by atoms with Gasteiger partial charge in [-0.1, -0.05) is 33.6 Å². The molecule has 0 spiro atoms. The summed E-state index contributed by atoms with van der Waals surface area (Å²) < 4.78 is 0. The number of hydrogen-bond acceptors (Lipinski definition) is 3. The van der Waals surface area contributed by atoms with E-state index in [9.17, 15) is 5.11 Å². The molecule has 2 N–H and O–H groups in total. The minimum atomic E-state index is -0.191. The minimum absolute atomic E-state index is 0.191. The lowest BCUT2D eigenvalue weighted by molar-refractivity contribution is 0.0901. The van der Waals surface area contributed by atoms with Crippen LogP contribution in [0.1, 0.15) is 53.4 Å². The molecule has 0 amide bonds. The fourth-order valence-corrected chi connectivity index (χ4v) is 3.26. The van der Waals surface area contributed by atoms with Crippen LogP contribution < -0.4 is 5.32 Å². The van der Waals surface area contributed by atoms with Crippen LogP contribution in [-0.2, 0) is 0 Å². The van der Waals surface area contributed by atoms with Gasteiger partial charge >= 0.3 is 0 Å². The Morgan fingerprint density at radius 3 is 2.53 bits per heavy atom. The number of hydrogen-bond donors (Lipinski definition) is 2. The summed E-state index contributed by atoms with van der Waals surface area (Å²) in [6.07, 6.45) is 4.59. The summed E-state index contributed by atoms with van der Waals surface area (Å²) in [6, 6.07) is 0.512. The van der Waals surface area contributed by atoms with E-state index in [2.05, 4.69) is 37.9 Å². The standard InChI is InChI=1S/C16H34N2O/c1-5-14(6-2)16(19)11-17-13(4)15-9-8-10-18(7-3)12-15/h13-17,19H,5-12H2,1-4H3. The van der Waals surface area contributed by atoms with Crippen molar-refractivity contribution < 1.29 is 5.11 Å². The van der Waals surface area contributed by atoms with Crippen molar-refractivity contribution in [2.24, 2.45) is 11.8 Å². The Hall–Kier alpha value is -0.120. The maximum absolute atomic E-state index is 10.2. The second kappa shape index (κ2) is 8.93. The molecular weight excluding hydrogens is 236 g/mol. The molecule has 1 heterocycles. The summed E-state index contributed by atoms with van der Waals surface area (Å²) in [5.74, 6) is 1.18. The molecule has 0 aromatic carbocycles. The van der Waals surface area contributed by atoms with Gasteiger partial charge in [-0.05, 0) is 44.7 Å². The van der Waals surface area contributed by atoms with Gasteiger partial charge in [0.2, 0.25) is 0 Å². The maximum Gasteiger partial charge on any atom is 0.0692 e. The van der Waals surface area contributed by atoms with E-state index >= 15 is 0 Å². The SMILES string of the molecule is CCC(CC)C(O)CNC(C)C1CCCN(CC)C1. The zero-order valence-corrected chi connectivity index (χ0v) is 13.4. The number of rotatable bonds is 8. The first kappa shape index (κ1) is 16.9. The van der Waals surface area contributed by atoms with Gasteiger partial charge in [0.15, 0.2) is 0 Å². The second-order valence-corrected chi connectivity index (χ2v) is 6.14. The van der Waals surface area contributed by atoms with Crippen LogP contribution in [0.5, 0.6) is 0 Å². The van der Waals surface area contributed by atoms with Crippen LogP contribution in [0.4, 0.5) is 0 Å². The molecule has 0 aromatic rings. The zero-order valence-electron chi connectivity index (χ0n) is 13.4. The number of aliphatic hydroxyl groups is 1. The number of nitrogens with zero attached hydrogens (tertiary/aromatic N) is 1. The molecule has 3 unspecified atom stereocenters. The first-order chi connectivity index (χ1) is 9.12. The molecule has 1 aliphatic rings. The highest BCUT2D eigenvalue weighted by Gasteiger charge is 2.24. The molecule has 1 aliphatic heterocycles. The van der Waals surface area contributed by atoms with E-state index in [-0.39, 0.29) is 6.10 Å². The molecule has 0 saturated carbocycles. The van der Waals surface area contributed by atoms with E-state index in [1.165, 1.54) is 32.5 Å². The van der Waals surface area contributed by atoms with Gasteiger partial charge in [-0.25, -0.2) is 0 Å². The van der Waals surface area contributed by atoms with Crippen LogP contribution in [-0.4, -0.2) is 48.3 Å². The average Bonchev–Trinajstić information content (AvgIpc) is 2.46. The molecule has 1 saturated heterocycles. The highest BCUT2D eigenvalue weighted by molar-refractivity contribution is 4.81. The van der Waals surface area contributed by atoms with Gasteiger partial charge in [-0.3, -0.25) is 0 Å². The molecule has 3 heteroatoms. The van der Waals surface area contributed by atoms with Crippen LogP contribution in [0, 0.1) is 11.8 Å². The van der Waals surface area contributed by atoms with Crippen LogP contribution >= 0.6 is 0 Å². The molecule has 0 aliphatic carbocycles. The third-order valence-electron chi connectivity index (χ3n) is 4.94. The van der Waals surface area contributed by atoms with Crippen molar-refractivity contribution in [3.63, 3.8) is 0 Å². The molecular formula is C16H34N2O. The van der Waals surface area contributed by atoms with E-state index in [1.807, 2.05) is 0 Å². The Morgan fingerprint density at radius 2 is 1.95 bits per heavy atom. The van der Waals surface area contributed by atoms with Crippen molar-refractivity contribution in [3.05, 3.63) is 0 Å². The lowest BCUT2D eigenvalue weighted by Gasteiger charge is -2.36. The number of nitrogens with one attached hydrogen (secondary N) is 1. The van der Waals surface area contributed by atoms with Crippen molar-refractivity contribution in [1.82, 2.24) is 10.2 Å². The number of piperidine rings is 1. The molecule has 0 aromatic heterocycles. The van der Waals surface area contributed by atoms with Gasteiger partial charge in [0, 0.05) is 19.1 Å². The molecule has 114 valence electrons. The van der Waals surface area contributed by atoms with Crippen LogP contribution in [0.2, 0.25) is 0 Å².